The van der Waals surface area contributed by atoms with E-state index in [0.717, 1.165) is 56.9 Å². The molecule has 0 saturated carbocycles. The van der Waals surface area contributed by atoms with Crippen LogP contribution in [0.2, 0.25) is 0 Å². The summed E-state index contributed by atoms with van der Waals surface area (Å²) in [6, 6.07) is 10.6. The first-order valence-electron chi connectivity index (χ1n) is 20.4. The van der Waals surface area contributed by atoms with Crippen molar-refractivity contribution in [2.75, 3.05) is 19.9 Å². The van der Waals surface area contributed by atoms with Gasteiger partial charge in [0, 0.05) is 6.42 Å². The minimum absolute atomic E-state index is 0.114. The number of piperidine rings is 1. The van der Waals surface area contributed by atoms with E-state index in [0.29, 0.717) is 50.1 Å². The Labute approximate surface area is 320 Å². The van der Waals surface area contributed by atoms with Crippen molar-refractivity contribution in [1.82, 2.24) is 0 Å². The number of ether oxygens (including phenoxy) is 3. The van der Waals surface area contributed by atoms with Gasteiger partial charge in [-0.25, -0.2) is 0 Å². The van der Waals surface area contributed by atoms with Crippen LogP contribution < -0.4 is 0 Å². The molecule has 2 heterocycles. The average molecular weight is 891 g/mol. The third kappa shape index (κ3) is 14.6. The van der Waals surface area contributed by atoms with Gasteiger partial charge in [0.15, 0.2) is 0 Å². The Morgan fingerprint density at radius 3 is 1.76 bits per heavy atom. The summed E-state index contributed by atoms with van der Waals surface area (Å²) in [4.78, 5) is 37.3. The van der Waals surface area contributed by atoms with Gasteiger partial charge in [0.05, 0.1) is 0 Å². The van der Waals surface area contributed by atoms with E-state index in [1.165, 1.54) is 107 Å². The number of rotatable bonds is 26. The Hall–Kier alpha value is -1.33. The first-order chi connectivity index (χ1) is 24.2. The van der Waals surface area contributed by atoms with Gasteiger partial charge in [0.2, 0.25) is 0 Å². The summed E-state index contributed by atoms with van der Waals surface area (Å²) in [7, 11) is 0. The van der Waals surface area contributed by atoms with Crippen LogP contribution in [0.3, 0.4) is 0 Å². The van der Waals surface area contributed by atoms with Crippen LogP contribution in [0.15, 0.2) is 30.3 Å². The zero-order chi connectivity index (χ0) is 36.1. The zero-order valence-corrected chi connectivity index (χ0v) is 35.8. The molecule has 1 aromatic rings. The molecule has 8 heteroatoms. The molecule has 0 bridgehead atoms. The van der Waals surface area contributed by atoms with Crippen LogP contribution in [0.4, 0.5) is 0 Å². The van der Waals surface area contributed by atoms with Crippen molar-refractivity contribution in [3.05, 3.63) is 35.9 Å². The van der Waals surface area contributed by atoms with Gasteiger partial charge in [0.25, 0.3) is 0 Å². The SMILES string of the molecule is CCC1CC(OC(=O)[C]([Pb])(OCOC(=O)CCCCCCCCCCCCCCCCCCC(C)=O)c2ccccc2)CC(C)[N+]12CCCC2. The number of quaternary nitrogens is 1. The number of carbonyl (C=O) groups excluding carboxylic acids is 3. The third-order valence-electron chi connectivity index (χ3n) is 11.5. The molecule has 2 aliphatic heterocycles. The predicted octanol–water partition coefficient (Wildman–Crippen LogP) is 9.62. The van der Waals surface area contributed by atoms with Crippen molar-refractivity contribution in [2.45, 2.75) is 190 Å². The van der Waals surface area contributed by atoms with Crippen LogP contribution >= 0.6 is 0 Å². The van der Waals surface area contributed by atoms with E-state index in [9.17, 15) is 14.4 Å². The van der Waals surface area contributed by atoms with Gasteiger partial charge in [0.1, 0.15) is 5.78 Å². The van der Waals surface area contributed by atoms with Crippen LogP contribution in [0.5, 0.6) is 0 Å². The number of benzene rings is 1. The molecule has 2 aliphatic rings. The van der Waals surface area contributed by atoms with E-state index in [2.05, 4.69) is 13.8 Å². The van der Waals surface area contributed by atoms with Gasteiger partial charge in [-0.3, -0.25) is 0 Å². The van der Waals surface area contributed by atoms with Crippen molar-refractivity contribution in [3.8, 4) is 0 Å². The molecule has 4 unspecified atom stereocenters. The fourth-order valence-electron chi connectivity index (χ4n) is 8.46. The fraction of sp³-hybridized carbons (Fsp3) is 0.786. The van der Waals surface area contributed by atoms with E-state index in [4.69, 9.17) is 14.2 Å². The van der Waals surface area contributed by atoms with E-state index in [-0.39, 0.29) is 24.8 Å². The van der Waals surface area contributed by atoms with E-state index >= 15 is 0 Å². The summed E-state index contributed by atoms with van der Waals surface area (Å²) < 4.78 is 17.9. The van der Waals surface area contributed by atoms with Gasteiger partial charge in [-0.1, -0.05) is 57.8 Å². The Morgan fingerprint density at radius 1 is 0.760 bits per heavy atom. The van der Waals surface area contributed by atoms with Crippen molar-refractivity contribution >= 4 is 43.5 Å². The standard InChI is InChI=1S/C42H69NO6.Pb/c1-4-38-33-39(32-35(2)43(38)30-24-25-31-43)49-42(46)41(37-27-21-19-22-28-37)48-34-47-40(45)29-23-18-16-14-12-10-8-6-5-7-9-11-13-15-17-20-26-36(3)44;/h19,21-22,27-28,35,38-39H,4-18,20,23-26,29-34H2,1-3H3;/q+1;. The molecular formula is C42H69NO6Pb+. The van der Waals surface area contributed by atoms with Crippen molar-refractivity contribution in [1.29, 1.82) is 0 Å². The molecule has 3 radical (unpaired) electrons. The van der Waals surface area contributed by atoms with Gasteiger partial charge in [-0.2, -0.15) is 0 Å². The molecule has 50 heavy (non-hydrogen) atoms. The van der Waals surface area contributed by atoms with E-state index in [1.54, 1.807) is 6.92 Å². The van der Waals surface area contributed by atoms with Gasteiger partial charge in [-0.05, 0) is 13.3 Å². The third-order valence-corrected chi connectivity index (χ3v) is 14.0. The van der Waals surface area contributed by atoms with Gasteiger partial charge in [-0.15, -0.1) is 0 Å². The predicted molar refractivity (Wildman–Crippen MR) is 202 cm³/mol. The topological polar surface area (TPSA) is 78.9 Å². The number of nitrogens with zero attached hydrogens (tertiary/aromatic N) is 1. The first kappa shape index (κ1) is 43.1. The number of ketones is 1. The summed E-state index contributed by atoms with van der Waals surface area (Å²) >= 11 is 0.375. The molecular weight excluding hydrogens is 822 g/mol. The Kier molecular flexibility index (Phi) is 20.7. The van der Waals surface area contributed by atoms with Crippen LogP contribution in [-0.4, -0.2) is 86.0 Å². The molecule has 0 amide bonds. The molecule has 4 atom stereocenters. The second-order valence-electron chi connectivity index (χ2n) is 15.4. The quantitative estimate of drug-likeness (QED) is 0.0303. The van der Waals surface area contributed by atoms with E-state index < -0.39 is 3.16 Å². The number of hydrogen-bond donors (Lipinski definition) is 0. The minimum atomic E-state index is -1.22. The Bertz CT molecular complexity index is 1110. The fourth-order valence-corrected chi connectivity index (χ4v) is 9.56. The molecule has 281 valence electrons. The van der Waals surface area contributed by atoms with Crippen molar-refractivity contribution in [2.24, 2.45) is 0 Å². The molecule has 2 fully saturated rings. The summed E-state index contributed by atoms with van der Waals surface area (Å²) in [5.74, 6) is -0.298. The number of hydrogen-bond acceptors (Lipinski definition) is 6. The number of esters is 2. The normalized spacial score (nSPS) is 21.2. The zero-order valence-electron chi connectivity index (χ0n) is 31.9. The number of carbonyl (C=O) groups is 3. The molecule has 7 nitrogen and oxygen atoms in total. The molecule has 2 saturated heterocycles. The Balaban J connectivity index is 1.25. The monoisotopic (exact) mass is 891 g/mol. The second kappa shape index (κ2) is 24.1. The maximum atomic E-state index is 13.8. The second-order valence-corrected chi connectivity index (χ2v) is 18.1. The summed E-state index contributed by atoms with van der Waals surface area (Å²) in [6.07, 6.45) is 26.2. The molecule has 3 rings (SSSR count). The number of Topliss-reactive ketones (excluding diaryl/α,β-unsaturated/α-hetero) is 1. The van der Waals surface area contributed by atoms with Crippen LogP contribution in [0, 0.1) is 0 Å². The van der Waals surface area contributed by atoms with Gasteiger partial charge < -0.3 is 4.79 Å². The maximum absolute atomic E-state index is 13.8. The van der Waals surface area contributed by atoms with Crippen LogP contribution in [0.1, 0.15) is 174 Å². The molecule has 0 N–H and O–H groups in total. The molecule has 0 aliphatic carbocycles. The summed E-state index contributed by atoms with van der Waals surface area (Å²) in [5, 5.41) is 0. The van der Waals surface area contributed by atoms with E-state index in [1.807, 2.05) is 30.3 Å². The van der Waals surface area contributed by atoms with Crippen molar-refractivity contribution < 1.29 is 33.1 Å². The average Bonchev–Trinajstić information content (AvgIpc) is 3.60. The first-order valence-corrected chi connectivity index (χ1v) is 22.3. The Morgan fingerprint density at radius 2 is 1.26 bits per heavy atom. The number of unbranched alkanes of at least 4 members (excludes halogenated alkanes) is 15. The molecule has 0 aromatic heterocycles. The van der Waals surface area contributed by atoms with Crippen LogP contribution in [-0.2, 0) is 31.8 Å². The summed E-state index contributed by atoms with van der Waals surface area (Å²) in [6.45, 7) is 8.55. The summed E-state index contributed by atoms with van der Waals surface area (Å²) in [5.41, 5.74) is 0.761. The molecule has 1 spiro atoms. The van der Waals surface area contributed by atoms with Crippen LogP contribution in [0.25, 0.3) is 0 Å². The van der Waals surface area contributed by atoms with Gasteiger partial charge >= 0.3 is 234 Å². The molecule has 1 aromatic carbocycles. The van der Waals surface area contributed by atoms with Crippen molar-refractivity contribution in [3.63, 3.8) is 0 Å².